The van der Waals surface area contributed by atoms with Gasteiger partial charge in [0.2, 0.25) is 11.7 Å². The van der Waals surface area contributed by atoms with E-state index in [-0.39, 0.29) is 18.3 Å². The summed E-state index contributed by atoms with van der Waals surface area (Å²) in [6.45, 7) is 7.71. The summed E-state index contributed by atoms with van der Waals surface area (Å²) < 4.78 is 68.5. The number of methoxy groups -OCH3 is 1. The van der Waals surface area contributed by atoms with Gasteiger partial charge in [-0.2, -0.15) is 13.2 Å². The molecule has 0 saturated heterocycles. The molecule has 1 aliphatic heterocycles. The van der Waals surface area contributed by atoms with Crippen LogP contribution in [0.15, 0.2) is 53.7 Å². The number of halogens is 3. The number of rotatable bonds is 9. The van der Waals surface area contributed by atoms with E-state index in [0.717, 1.165) is 15.5 Å². The molecule has 45 heavy (non-hydrogen) atoms. The fourth-order valence-electron chi connectivity index (χ4n) is 5.69. The molecule has 1 aromatic carbocycles. The number of fused-ring (bicyclic) bond motifs is 2. The quantitative estimate of drug-likeness (QED) is 0.260. The standard InChI is InChI=1S/C31H34F3N5O5S/c1-18-8-9-20(15-21(18)16-38-17-22(11-14-43-5)44-27-24(45(38)42)7-6-12-35-27)25(30(3,4)29(40)41)23-10-13-39-26(19(23)2)36-37-28(39)31(32,33)34/h6-10,12-13,15,22,25H,11,14,16-17H2,1-5H3,(H,40,41). The molecule has 3 aromatic heterocycles. The maximum atomic E-state index is 13.8. The van der Waals surface area contributed by atoms with E-state index < -0.39 is 40.3 Å². The maximum absolute atomic E-state index is 13.8. The SMILES string of the molecule is COCCC1CN(Cc2cc(C(c3ccn4c(C(F)(F)F)nnc4c3C)C(C)(C)C(=O)O)ccc2C)S(=O)c2cccnc2O1. The monoisotopic (exact) mass is 645 g/mol. The Morgan fingerprint density at radius 2 is 1.96 bits per heavy atom. The molecule has 10 nitrogen and oxygen atoms in total. The molecule has 5 rings (SSSR count). The highest BCUT2D eigenvalue weighted by atomic mass is 32.2. The number of carboxylic acids is 1. The lowest BCUT2D eigenvalue weighted by atomic mass is 9.70. The first-order valence-corrected chi connectivity index (χ1v) is 15.4. The number of alkyl halides is 3. The van der Waals surface area contributed by atoms with Crippen molar-refractivity contribution >= 4 is 22.6 Å². The molecule has 4 aromatic rings. The number of ether oxygens (including phenoxy) is 2. The van der Waals surface area contributed by atoms with E-state index in [4.69, 9.17) is 9.47 Å². The molecule has 0 amide bonds. The van der Waals surface area contributed by atoms with E-state index in [1.807, 2.05) is 25.1 Å². The van der Waals surface area contributed by atoms with Crippen LogP contribution in [0.25, 0.3) is 5.65 Å². The molecule has 3 unspecified atom stereocenters. The Balaban J connectivity index is 1.58. The van der Waals surface area contributed by atoms with E-state index in [1.54, 1.807) is 50.5 Å². The topological polar surface area (TPSA) is 119 Å². The lowest BCUT2D eigenvalue weighted by molar-refractivity contribution is -0.147. The summed E-state index contributed by atoms with van der Waals surface area (Å²) in [4.78, 5) is 17.4. The zero-order chi connectivity index (χ0) is 32.7. The summed E-state index contributed by atoms with van der Waals surface area (Å²) in [7, 11) is -0.00876. The molecule has 0 radical (unpaired) electrons. The van der Waals surface area contributed by atoms with Crippen molar-refractivity contribution in [2.75, 3.05) is 20.3 Å². The summed E-state index contributed by atoms with van der Waals surface area (Å²) in [6, 6.07) is 10.5. The molecule has 0 saturated carbocycles. The van der Waals surface area contributed by atoms with Gasteiger partial charge in [-0.1, -0.05) is 18.2 Å². The Morgan fingerprint density at radius 3 is 2.64 bits per heavy atom. The number of carboxylic acid groups (broad SMARTS) is 1. The number of nitrogens with zero attached hydrogens (tertiary/aromatic N) is 5. The van der Waals surface area contributed by atoms with E-state index in [1.165, 1.54) is 12.3 Å². The lowest BCUT2D eigenvalue weighted by Gasteiger charge is -2.33. The van der Waals surface area contributed by atoms with Crippen LogP contribution in [0.5, 0.6) is 5.88 Å². The number of aryl methyl sites for hydroxylation is 2. The first-order valence-electron chi connectivity index (χ1n) is 14.3. The van der Waals surface area contributed by atoms with Gasteiger partial charge >= 0.3 is 12.1 Å². The van der Waals surface area contributed by atoms with E-state index in [2.05, 4.69) is 15.2 Å². The van der Waals surface area contributed by atoms with Crippen LogP contribution < -0.4 is 4.74 Å². The normalized spacial score (nSPS) is 18.3. The third-order valence-electron chi connectivity index (χ3n) is 8.25. The van der Waals surface area contributed by atoms with Crippen LogP contribution in [0.3, 0.4) is 0 Å². The summed E-state index contributed by atoms with van der Waals surface area (Å²) in [5, 5.41) is 17.5. The molecule has 0 fully saturated rings. The number of hydrogen-bond donors (Lipinski definition) is 1. The Labute approximate surface area is 260 Å². The van der Waals surface area contributed by atoms with Crippen molar-refractivity contribution in [2.45, 2.75) is 63.8 Å². The van der Waals surface area contributed by atoms with Crippen LogP contribution in [0, 0.1) is 19.3 Å². The van der Waals surface area contributed by atoms with Crippen LogP contribution in [-0.4, -0.2) is 65.5 Å². The summed E-state index contributed by atoms with van der Waals surface area (Å²) in [6.07, 6.45) is -1.69. The van der Waals surface area contributed by atoms with Gasteiger partial charge in [0.15, 0.2) is 5.65 Å². The second-order valence-corrected chi connectivity index (χ2v) is 13.1. The Hall–Kier alpha value is -3.88. The number of carbonyl (C=O) groups is 1. The van der Waals surface area contributed by atoms with E-state index >= 15 is 0 Å². The van der Waals surface area contributed by atoms with Gasteiger partial charge in [0.05, 0.1) is 5.41 Å². The predicted molar refractivity (Wildman–Crippen MR) is 159 cm³/mol. The minimum absolute atomic E-state index is 0.00677. The molecular weight excluding hydrogens is 611 g/mol. The van der Waals surface area contributed by atoms with Crippen LogP contribution in [0.4, 0.5) is 13.2 Å². The van der Waals surface area contributed by atoms with Gasteiger partial charge in [-0.05, 0) is 73.7 Å². The lowest BCUT2D eigenvalue weighted by Crippen LogP contribution is -2.35. The van der Waals surface area contributed by atoms with E-state index in [9.17, 15) is 27.3 Å². The minimum Gasteiger partial charge on any atom is -0.481 e. The van der Waals surface area contributed by atoms with Crippen molar-refractivity contribution in [3.63, 3.8) is 0 Å². The third-order valence-corrected chi connectivity index (χ3v) is 9.68. The maximum Gasteiger partial charge on any atom is 0.452 e. The van der Waals surface area contributed by atoms with Crippen LogP contribution >= 0.6 is 0 Å². The summed E-state index contributed by atoms with van der Waals surface area (Å²) in [5.74, 6) is -2.71. The van der Waals surface area contributed by atoms with Gasteiger partial charge in [-0.15, -0.1) is 10.2 Å². The van der Waals surface area contributed by atoms with Gasteiger partial charge in [-0.3, -0.25) is 9.20 Å². The highest BCUT2D eigenvalue weighted by Crippen LogP contribution is 2.44. The van der Waals surface area contributed by atoms with Crippen molar-refractivity contribution in [3.8, 4) is 5.88 Å². The number of hydrogen-bond acceptors (Lipinski definition) is 7. The summed E-state index contributed by atoms with van der Waals surface area (Å²) in [5.41, 5.74) is 1.86. The molecule has 3 atom stereocenters. The van der Waals surface area contributed by atoms with Crippen molar-refractivity contribution in [1.29, 1.82) is 0 Å². The van der Waals surface area contributed by atoms with Crippen molar-refractivity contribution in [3.05, 3.63) is 82.4 Å². The van der Waals surface area contributed by atoms with Crippen molar-refractivity contribution < 1.29 is 36.8 Å². The fourth-order valence-corrected chi connectivity index (χ4v) is 6.97. The van der Waals surface area contributed by atoms with Crippen LogP contribution in [0.2, 0.25) is 0 Å². The summed E-state index contributed by atoms with van der Waals surface area (Å²) >= 11 is 0. The highest BCUT2D eigenvalue weighted by Gasteiger charge is 2.42. The smallest absolute Gasteiger partial charge is 0.452 e. The predicted octanol–water partition coefficient (Wildman–Crippen LogP) is 5.32. The molecule has 4 heterocycles. The average Bonchev–Trinajstić information content (AvgIpc) is 3.39. The second-order valence-electron chi connectivity index (χ2n) is 11.7. The van der Waals surface area contributed by atoms with Gasteiger partial charge in [0.1, 0.15) is 22.0 Å². The number of aromatic nitrogens is 4. The molecule has 1 N–H and O–H groups in total. The highest BCUT2D eigenvalue weighted by molar-refractivity contribution is 7.82. The van der Waals surface area contributed by atoms with Gasteiger partial charge in [0, 0.05) is 51.5 Å². The largest absolute Gasteiger partial charge is 0.481 e. The minimum atomic E-state index is -4.71. The van der Waals surface area contributed by atoms with Crippen LogP contribution in [-0.2, 0) is 33.2 Å². The number of pyridine rings is 2. The number of benzene rings is 1. The Morgan fingerprint density at radius 1 is 1.20 bits per heavy atom. The molecule has 0 bridgehead atoms. The first kappa shape index (κ1) is 32.5. The molecule has 14 heteroatoms. The molecule has 0 aliphatic carbocycles. The first-order chi connectivity index (χ1) is 21.2. The van der Waals surface area contributed by atoms with Gasteiger partial charge in [-0.25, -0.2) is 13.5 Å². The molecule has 0 spiro atoms. The second kappa shape index (κ2) is 12.5. The van der Waals surface area contributed by atoms with Crippen molar-refractivity contribution in [2.24, 2.45) is 5.41 Å². The van der Waals surface area contributed by atoms with Gasteiger partial charge in [0.25, 0.3) is 0 Å². The fraction of sp³-hybridized carbons (Fsp3) is 0.419. The Bertz CT molecular complexity index is 1760. The van der Waals surface area contributed by atoms with Crippen molar-refractivity contribution in [1.82, 2.24) is 23.9 Å². The zero-order valence-electron chi connectivity index (χ0n) is 25.5. The number of aliphatic carboxylic acids is 1. The van der Waals surface area contributed by atoms with E-state index in [0.29, 0.717) is 47.0 Å². The average molecular weight is 646 g/mol. The molecule has 240 valence electrons. The zero-order valence-corrected chi connectivity index (χ0v) is 26.3. The molecule has 1 aliphatic rings. The third kappa shape index (κ3) is 6.31. The van der Waals surface area contributed by atoms with Gasteiger partial charge < -0.3 is 14.6 Å². The molecular formula is C31H34F3N5O5S. The van der Waals surface area contributed by atoms with Crippen LogP contribution in [0.1, 0.15) is 59.8 Å². The Kier molecular flexibility index (Phi) is 9.02.